The minimum absolute atomic E-state index is 0.243. The van der Waals surface area contributed by atoms with Gasteiger partial charge in [-0.15, -0.1) is 0 Å². The molecule has 1 aromatic carbocycles. The first-order valence-electron chi connectivity index (χ1n) is 9.44. The summed E-state index contributed by atoms with van der Waals surface area (Å²) in [6.45, 7) is 7.45. The predicted molar refractivity (Wildman–Crippen MR) is 105 cm³/mol. The molecule has 0 aliphatic carbocycles. The van der Waals surface area contributed by atoms with Crippen molar-refractivity contribution in [1.82, 2.24) is 20.1 Å². The van der Waals surface area contributed by atoms with Gasteiger partial charge in [-0.3, -0.25) is 10.00 Å². The minimum atomic E-state index is -0.458. The van der Waals surface area contributed by atoms with Crippen molar-refractivity contribution in [2.24, 2.45) is 0 Å². The lowest BCUT2D eigenvalue weighted by atomic mass is 10.0. The number of H-pyrrole nitrogens is 1. The maximum Gasteiger partial charge on any atom is 0.136 e. The number of piperazine rings is 1. The second-order valence-electron chi connectivity index (χ2n) is 7.15. The van der Waals surface area contributed by atoms with Gasteiger partial charge in [-0.2, -0.15) is 5.10 Å². The van der Waals surface area contributed by atoms with Gasteiger partial charge in [-0.1, -0.05) is 0 Å². The Hall–Kier alpha value is -2.80. The number of nitrogens with one attached hydrogen (secondary N) is 1. The van der Waals surface area contributed by atoms with Crippen LogP contribution in [0.3, 0.4) is 0 Å². The Kier molecular flexibility index (Phi) is 5.09. The standard InChI is InChI=1S/C21H23F2N5/c1-14-19(13-25-26-14)15(2)27-8-10-28(11-9-27)21-17(4-3-7-24-21)18-12-16(22)5-6-20(18)23/h3-7,12-13,15H,8-11H2,1-2H3,(H,25,26). The maximum absolute atomic E-state index is 14.3. The topological polar surface area (TPSA) is 48.1 Å². The van der Waals surface area contributed by atoms with Crippen LogP contribution in [0.1, 0.15) is 24.2 Å². The van der Waals surface area contributed by atoms with Crippen molar-refractivity contribution in [3.05, 3.63) is 65.6 Å². The molecule has 28 heavy (non-hydrogen) atoms. The van der Waals surface area contributed by atoms with Crippen LogP contribution in [-0.4, -0.2) is 46.3 Å². The molecule has 1 unspecified atom stereocenters. The second-order valence-corrected chi connectivity index (χ2v) is 7.15. The van der Waals surface area contributed by atoms with Crippen LogP contribution in [0, 0.1) is 18.6 Å². The molecule has 146 valence electrons. The van der Waals surface area contributed by atoms with Crippen LogP contribution in [-0.2, 0) is 0 Å². The van der Waals surface area contributed by atoms with Gasteiger partial charge in [-0.05, 0) is 44.2 Å². The smallest absolute Gasteiger partial charge is 0.136 e. The summed E-state index contributed by atoms with van der Waals surface area (Å²) in [7, 11) is 0. The summed E-state index contributed by atoms with van der Waals surface area (Å²) in [4.78, 5) is 9.03. The van der Waals surface area contributed by atoms with E-state index in [0.717, 1.165) is 44.0 Å². The summed E-state index contributed by atoms with van der Waals surface area (Å²) in [5.41, 5.74) is 3.15. The van der Waals surface area contributed by atoms with E-state index in [1.54, 1.807) is 18.3 Å². The molecule has 1 fully saturated rings. The highest BCUT2D eigenvalue weighted by Crippen LogP contribution is 2.32. The molecule has 0 saturated carbocycles. The number of aromatic nitrogens is 3. The monoisotopic (exact) mass is 383 g/mol. The fraction of sp³-hybridized carbons (Fsp3) is 0.333. The van der Waals surface area contributed by atoms with Gasteiger partial charge >= 0.3 is 0 Å². The molecule has 4 rings (SSSR count). The normalized spacial score (nSPS) is 16.4. The Bertz CT molecular complexity index is 963. The number of pyridine rings is 1. The van der Waals surface area contributed by atoms with Gasteiger partial charge < -0.3 is 4.90 Å². The third-order valence-corrected chi connectivity index (χ3v) is 5.49. The molecule has 0 bridgehead atoms. The first-order chi connectivity index (χ1) is 13.5. The van der Waals surface area contributed by atoms with E-state index in [9.17, 15) is 8.78 Å². The van der Waals surface area contributed by atoms with Gasteiger partial charge in [0, 0.05) is 60.8 Å². The van der Waals surface area contributed by atoms with E-state index in [1.165, 1.54) is 11.6 Å². The fourth-order valence-corrected chi connectivity index (χ4v) is 3.86. The van der Waals surface area contributed by atoms with Crippen LogP contribution in [0.15, 0.2) is 42.7 Å². The van der Waals surface area contributed by atoms with Crippen molar-refractivity contribution in [3.63, 3.8) is 0 Å². The molecule has 0 radical (unpaired) electrons. The number of aromatic amines is 1. The van der Waals surface area contributed by atoms with E-state index >= 15 is 0 Å². The highest BCUT2D eigenvalue weighted by Gasteiger charge is 2.26. The fourth-order valence-electron chi connectivity index (χ4n) is 3.86. The first kappa shape index (κ1) is 18.6. The third-order valence-electron chi connectivity index (χ3n) is 5.49. The highest BCUT2D eigenvalue weighted by molar-refractivity contribution is 5.76. The van der Waals surface area contributed by atoms with Gasteiger partial charge in [-0.25, -0.2) is 13.8 Å². The highest BCUT2D eigenvalue weighted by atomic mass is 19.1. The molecule has 1 aliphatic rings. The van der Waals surface area contributed by atoms with E-state index in [-0.39, 0.29) is 11.6 Å². The Morgan fingerprint density at radius 3 is 2.57 bits per heavy atom. The van der Waals surface area contributed by atoms with Crippen LogP contribution in [0.2, 0.25) is 0 Å². The van der Waals surface area contributed by atoms with Crippen LogP contribution in [0.5, 0.6) is 0 Å². The lowest BCUT2D eigenvalue weighted by Crippen LogP contribution is -2.47. The van der Waals surface area contributed by atoms with E-state index in [4.69, 9.17) is 0 Å². The molecule has 0 spiro atoms. The first-order valence-corrected chi connectivity index (χ1v) is 9.44. The lowest BCUT2D eigenvalue weighted by molar-refractivity contribution is 0.198. The number of aryl methyl sites for hydroxylation is 1. The van der Waals surface area contributed by atoms with Gasteiger partial charge in [0.1, 0.15) is 17.5 Å². The molecule has 1 atom stereocenters. The summed E-state index contributed by atoms with van der Waals surface area (Å²) in [6.07, 6.45) is 3.58. The molecular weight excluding hydrogens is 360 g/mol. The Morgan fingerprint density at radius 1 is 1.07 bits per heavy atom. The number of hydrogen-bond donors (Lipinski definition) is 1. The Labute approximate surface area is 163 Å². The summed E-state index contributed by atoms with van der Waals surface area (Å²) in [6, 6.07) is 7.34. The summed E-state index contributed by atoms with van der Waals surface area (Å²) < 4.78 is 28.0. The van der Waals surface area contributed by atoms with E-state index in [0.29, 0.717) is 11.4 Å². The second kappa shape index (κ2) is 7.67. The molecule has 1 saturated heterocycles. The molecule has 5 nitrogen and oxygen atoms in total. The van der Waals surface area contributed by atoms with Crippen LogP contribution < -0.4 is 4.90 Å². The minimum Gasteiger partial charge on any atom is -0.354 e. The molecule has 1 aliphatic heterocycles. The molecular formula is C21H23F2N5. The van der Waals surface area contributed by atoms with Crippen LogP contribution in [0.25, 0.3) is 11.1 Å². The molecule has 7 heteroatoms. The van der Waals surface area contributed by atoms with Gasteiger partial charge in [0.05, 0.1) is 6.20 Å². The van der Waals surface area contributed by atoms with Crippen LogP contribution >= 0.6 is 0 Å². The van der Waals surface area contributed by atoms with Gasteiger partial charge in [0.2, 0.25) is 0 Å². The lowest BCUT2D eigenvalue weighted by Gasteiger charge is -2.39. The largest absolute Gasteiger partial charge is 0.354 e. The van der Waals surface area contributed by atoms with Crippen molar-refractivity contribution in [2.75, 3.05) is 31.1 Å². The van der Waals surface area contributed by atoms with E-state index in [2.05, 4.69) is 31.9 Å². The molecule has 2 aromatic heterocycles. The van der Waals surface area contributed by atoms with Crippen molar-refractivity contribution in [2.45, 2.75) is 19.9 Å². The molecule has 3 heterocycles. The Balaban J connectivity index is 1.54. The summed E-state index contributed by atoms with van der Waals surface area (Å²) in [5.74, 6) is -0.211. The number of anilines is 1. The van der Waals surface area contributed by atoms with Crippen molar-refractivity contribution >= 4 is 5.82 Å². The zero-order valence-electron chi connectivity index (χ0n) is 16.0. The molecule has 0 amide bonds. The number of benzene rings is 1. The zero-order valence-corrected chi connectivity index (χ0v) is 16.0. The van der Waals surface area contributed by atoms with Gasteiger partial charge in [0.15, 0.2) is 0 Å². The number of rotatable bonds is 4. The number of halogens is 2. The summed E-state index contributed by atoms with van der Waals surface area (Å²) in [5, 5.41) is 7.12. The van der Waals surface area contributed by atoms with Crippen molar-refractivity contribution in [3.8, 4) is 11.1 Å². The molecule has 3 aromatic rings. The number of hydrogen-bond acceptors (Lipinski definition) is 4. The predicted octanol–water partition coefficient (Wildman–Crippen LogP) is 3.94. The van der Waals surface area contributed by atoms with E-state index < -0.39 is 11.6 Å². The van der Waals surface area contributed by atoms with Gasteiger partial charge in [0.25, 0.3) is 0 Å². The van der Waals surface area contributed by atoms with Crippen molar-refractivity contribution < 1.29 is 8.78 Å². The average molecular weight is 383 g/mol. The maximum atomic E-state index is 14.3. The van der Waals surface area contributed by atoms with Crippen LogP contribution in [0.4, 0.5) is 14.6 Å². The Morgan fingerprint density at radius 2 is 1.86 bits per heavy atom. The third kappa shape index (κ3) is 3.49. The quantitative estimate of drug-likeness (QED) is 0.741. The average Bonchev–Trinajstić information content (AvgIpc) is 3.15. The number of nitrogens with zero attached hydrogens (tertiary/aromatic N) is 4. The van der Waals surface area contributed by atoms with Crippen molar-refractivity contribution in [1.29, 1.82) is 0 Å². The zero-order chi connectivity index (χ0) is 19.7. The summed E-state index contributed by atoms with van der Waals surface area (Å²) >= 11 is 0. The molecule has 1 N–H and O–H groups in total. The SMILES string of the molecule is Cc1[nH]ncc1C(C)N1CCN(c2ncccc2-c2cc(F)ccc2F)CC1. The van der Waals surface area contributed by atoms with E-state index in [1.807, 2.05) is 13.1 Å².